The van der Waals surface area contributed by atoms with Crippen molar-refractivity contribution in [3.05, 3.63) is 222 Å². The molecule has 2 heterocycles. The van der Waals surface area contributed by atoms with E-state index in [1.807, 2.05) is 23.9 Å². The number of fused-ring (bicyclic) bond motifs is 9. The van der Waals surface area contributed by atoms with Gasteiger partial charge in [-0.25, -0.2) is 15.0 Å². The topological polar surface area (TPSA) is 38.7 Å². The Hall–Kier alpha value is -6.88. The van der Waals surface area contributed by atoms with Crippen LogP contribution in [0.25, 0.3) is 67.5 Å². The van der Waals surface area contributed by atoms with Crippen LogP contribution in [-0.4, -0.2) is 15.0 Å². The molecule has 0 N–H and O–H groups in total. The maximum Gasteiger partial charge on any atom is 0.164 e. The minimum atomic E-state index is -0.487. The largest absolute Gasteiger partial charge is 0.208 e. The molecule has 1 aliphatic heterocycles. The molecule has 0 amide bonds. The number of hydrogen-bond donors (Lipinski definition) is 0. The summed E-state index contributed by atoms with van der Waals surface area (Å²) in [6.07, 6.45) is 0. The van der Waals surface area contributed by atoms with Gasteiger partial charge < -0.3 is 0 Å². The van der Waals surface area contributed by atoms with Crippen LogP contribution in [0.15, 0.2) is 210 Å². The smallest absolute Gasteiger partial charge is 0.164 e. The summed E-state index contributed by atoms with van der Waals surface area (Å²) in [7, 11) is 0. The Morgan fingerprint density at radius 3 is 1.20 bits per heavy atom. The summed E-state index contributed by atoms with van der Waals surface area (Å²) < 4.78 is 0. The average molecular weight is 732 g/mol. The van der Waals surface area contributed by atoms with Gasteiger partial charge >= 0.3 is 0 Å². The molecule has 0 saturated carbocycles. The Morgan fingerprint density at radius 2 is 0.661 bits per heavy atom. The molecule has 1 spiro atoms. The minimum Gasteiger partial charge on any atom is -0.208 e. The Kier molecular flexibility index (Phi) is 7.64. The maximum atomic E-state index is 5.23. The van der Waals surface area contributed by atoms with Crippen LogP contribution in [0.3, 0.4) is 0 Å². The van der Waals surface area contributed by atoms with Gasteiger partial charge in [0, 0.05) is 26.5 Å². The fraction of sp³-hybridized carbons (Fsp3) is 0.0192. The first-order chi connectivity index (χ1) is 27.7. The molecule has 9 aromatic rings. The van der Waals surface area contributed by atoms with Gasteiger partial charge in [-0.15, -0.1) is 0 Å². The van der Waals surface area contributed by atoms with Gasteiger partial charge in [-0.05, 0) is 73.8 Å². The lowest BCUT2D eigenvalue weighted by molar-refractivity contribution is 0.722. The van der Waals surface area contributed by atoms with Gasteiger partial charge in [0.1, 0.15) is 0 Å². The summed E-state index contributed by atoms with van der Waals surface area (Å²) in [5.74, 6) is 1.92. The van der Waals surface area contributed by atoms with Crippen LogP contribution in [0.5, 0.6) is 0 Å². The van der Waals surface area contributed by atoms with E-state index in [1.165, 1.54) is 54.3 Å². The number of rotatable bonds is 5. The van der Waals surface area contributed by atoms with E-state index in [0.29, 0.717) is 17.5 Å². The molecule has 0 saturated heterocycles. The summed E-state index contributed by atoms with van der Waals surface area (Å²) in [5, 5.41) is 0. The minimum absolute atomic E-state index is 0.487. The van der Waals surface area contributed by atoms with Crippen LogP contribution in [-0.2, 0) is 5.41 Å². The predicted molar refractivity (Wildman–Crippen MR) is 228 cm³/mol. The summed E-state index contributed by atoms with van der Waals surface area (Å²) in [6.45, 7) is 0. The van der Waals surface area contributed by atoms with Crippen LogP contribution in [0.2, 0.25) is 0 Å². The van der Waals surface area contributed by atoms with Crippen LogP contribution in [0, 0.1) is 0 Å². The van der Waals surface area contributed by atoms with Crippen LogP contribution in [0.1, 0.15) is 22.3 Å². The van der Waals surface area contributed by atoms with Gasteiger partial charge in [0.15, 0.2) is 17.5 Å². The molecule has 1 aliphatic carbocycles. The molecule has 0 fully saturated rings. The molecule has 1 aromatic heterocycles. The lowest BCUT2D eigenvalue weighted by Crippen LogP contribution is -2.32. The molecule has 0 radical (unpaired) electrons. The molecule has 4 heteroatoms. The van der Waals surface area contributed by atoms with Crippen molar-refractivity contribution in [1.29, 1.82) is 0 Å². The Bertz CT molecular complexity index is 2770. The van der Waals surface area contributed by atoms with Crippen molar-refractivity contribution in [3.63, 3.8) is 0 Å². The Balaban J connectivity index is 1.10. The van der Waals surface area contributed by atoms with Crippen molar-refractivity contribution in [2.45, 2.75) is 15.2 Å². The van der Waals surface area contributed by atoms with Gasteiger partial charge in [0.25, 0.3) is 0 Å². The van der Waals surface area contributed by atoms with Gasteiger partial charge in [-0.2, -0.15) is 0 Å². The highest BCUT2D eigenvalue weighted by Crippen LogP contribution is 2.62. The van der Waals surface area contributed by atoms with E-state index in [4.69, 9.17) is 15.0 Å². The fourth-order valence-corrected chi connectivity index (χ4v) is 9.82. The second-order valence-electron chi connectivity index (χ2n) is 14.3. The number of nitrogens with zero attached hydrogens (tertiary/aromatic N) is 3. The second kappa shape index (κ2) is 13.2. The monoisotopic (exact) mass is 731 g/mol. The molecular weight excluding hydrogens is 699 g/mol. The van der Waals surface area contributed by atoms with Crippen molar-refractivity contribution in [1.82, 2.24) is 15.0 Å². The fourth-order valence-electron chi connectivity index (χ4n) is 8.64. The third-order valence-electron chi connectivity index (χ3n) is 11.2. The first kappa shape index (κ1) is 32.5. The second-order valence-corrected chi connectivity index (χ2v) is 15.4. The number of benzene rings is 8. The Labute approximate surface area is 330 Å². The van der Waals surface area contributed by atoms with E-state index in [9.17, 15) is 0 Å². The van der Waals surface area contributed by atoms with E-state index in [0.717, 1.165) is 27.8 Å². The van der Waals surface area contributed by atoms with E-state index in [1.54, 1.807) is 0 Å². The van der Waals surface area contributed by atoms with Crippen molar-refractivity contribution in [2.75, 3.05) is 0 Å². The predicted octanol–water partition coefficient (Wildman–Crippen LogP) is 13.0. The normalized spacial score (nSPS) is 13.1. The summed E-state index contributed by atoms with van der Waals surface area (Å²) in [6, 6.07) is 71.5. The summed E-state index contributed by atoms with van der Waals surface area (Å²) in [5.41, 5.74) is 14.7. The molecule has 0 atom stereocenters. The SMILES string of the molecule is c1ccc(-c2ccc(-c3nc(-c4ccc(-c5ccccc5)cc4)nc(-c4ccc5c(c4)C4(c6ccccc6S5)c5ccccc5-c5ccccc54)n3)cc2)cc1. The molecule has 11 rings (SSSR count). The van der Waals surface area contributed by atoms with E-state index in [2.05, 4.69) is 188 Å². The van der Waals surface area contributed by atoms with Gasteiger partial charge in [0.2, 0.25) is 0 Å². The van der Waals surface area contributed by atoms with Crippen molar-refractivity contribution >= 4 is 11.8 Å². The maximum absolute atomic E-state index is 5.23. The first-order valence-corrected chi connectivity index (χ1v) is 19.8. The molecule has 56 heavy (non-hydrogen) atoms. The van der Waals surface area contributed by atoms with E-state index >= 15 is 0 Å². The van der Waals surface area contributed by atoms with Crippen molar-refractivity contribution < 1.29 is 0 Å². The molecule has 3 nitrogen and oxygen atoms in total. The molecule has 0 bridgehead atoms. The number of aromatic nitrogens is 3. The van der Waals surface area contributed by atoms with E-state index in [-0.39, 0.29) is 0 Å². The average Bonchev–Trinajstić information content (AvgIpc) is 3.57. The lowest BCUT2D eigenvalue weighted by Gasteiger charge is -2.39. The van der Waals surface area contributed by atoms with Crippen LogP contribution < -0.4 is 0 Å². The van der Waals surface area contributed by atoms with Gasteiger partial charge in [-0.3, -0.25) is 0 Å². The van der Waals surface area contributed by atoms with Crippen molar-refractivity contribution in [2.24, 2.45) is 0 Å². The first-order valence-electron chi connectivity index (χ1n) is 18.9. The summed E-state index contributed by atoms with van der Waals surface area (Å²) in [4.78, 5) is 18.1. The lowest BCUT2D eigenvalue weighted by atomic mass is 9.67. The third kappa shape index (κ3) is 5.18. The van der Waals surface area contributed by atoms with Crippen LogP contribution >= 0.6 is 11.8 Å². The third-order valence-corrected chi connectivity index (χ3v) is 12.4. The zero-order chi connectivity index (χ0) is 37.1. The molecule has 262 valence electrons. The standard InChI is InChI=1S/C52H33N3S/c1-3-13-34(14-4-1)36-23-27-38(28-24-36)49-53-50(39-29-25-37(26-30-39)35-15-5-2-6-16-35)55-51(54-49)40-31-32-48-46(33-40)52(45-21-11-12-22-47(45)56-48)43-19-9-7-17-41(43)42-18-8-10-20-44(42)52/h1-33H. The highest BCUT2D eigenvalue weighted by Gasteiger charge is 2.50. The zero-order valence-corrected chi connectivity index (χ0v) is 31.1. The highest BCUT2D eigenvalue weighted by molar-refractivity contribution is 7.99. The molecule has 8 aromatic carbocycles. The van der Waals surface area contributed by atoms with Crippen LogP contribution in [0.4, 0.5) is 0 Å². The summed E-state index contributed by atoms with van der Waals surface area (Å²) >= 11 is 1.84. The molecule has 0 unspecified atom stereocenters. The highest BCUT2D eigenvalue weighted by atomic mass is 32.2. The van der Waals surface area contributed by atoms with Crippen molar-refractivity contribution in [3.8, 4) is 67.5 Å². The zero-order valence-electron chi connectivity index (χ0n) is 30.3. The van der Waals surface area contributed by atoms with E-state index < -0.39 is 5.41 Å². The Morgan fingerprint density at radius 1 is 0.286 bits per heavy atom. The number of hydrogen-bond acceptors (Lipinski definition) is 4. The van der Waals surface area contributed by atoms with Gasteiger partial charge in [-0.1, -0.05) is 194 Å². The quantitative estimate of drug-likeness (QED) is 0.177. The molecule has 2 aliphatic rings. The molecular formula is C52H33N3S. The van der Waals surface area contributed by atoms with Gasteiger partial charge in [0.05, 0.1) is 5.41 Å².